The first-order valence-electron chi connectivity index (χ1n) is 3.69. The molecule has 1 aromatic carbocycles. The van der Waals surface area contributed by atoms with Crippen molar-refractivity contribution in [2.24, 2.45) is 0 Å². The smallest absolute Gasteiger partial charge is 0.0721 e. The number of thiophene rings is 1. The Bertz CT molecular complexity index is 452. The van der Waals surface area contributed by atoms with E-state index in [0.29, 0.717) is 0 Å². The van der Waals surface area contributed by atoms with Crippen LogP contribution in [-0.2, 0) is 6.61 Å². The molecule has 2 aromatic rings. The van der Waals surface area contributed by atoms with E-state index < -0.39 is 0 Å². The Morgan fingerprint density at radius 3 is 3.00 bits per heavy atom. The van der Waals surface area contributed by atoms with E-state index in [4.69, 9.17) is 16.7 Å². The quantitative estimate of drug-likeness (QED) is 0.794. The normalized spacial score (nSPS) is 11.0. The predicted molar refractivity (Wildman–Crippen MR) is 65.5 cm³/mol. The molecule has 0 aliphatic heterocycles. The number of hydrogen-bond acceptors (Lipinski definition) is 2. The van der Waals surface area contributed by atoms with Crippen LogP contribution in [0.15, 0.2) is 17.5 Å². The molecule has 0 spiro atoms. The van der Waals surface area contributed by atoms with E-state index >= 15 is 0 Å². The second kappa shape index (κ2) is 3.73. The van der Waals surface area contributed by atoms with Crippen LogP contribution in [0.3, 0.4) is 0 Å². The number of aliphatic hydroxyl groups is 1. The second-order valence-electron chi connectivity index (χ2n) is 2.66. The lowest BCUT2D eigenvalue weighted by Gasteiger charge is -2.03. The van der Waals surface area contributed by atoms with Gasteiger partial charge in [-0.1, -0.05) is 11.6 Å². The minimum absolute atomic E-state index is 0.0454. The molecule has 0 saturated carbocycles. The molecule has 0 saturated heterocycles. The van der Waals surface area contributed by atoms with E-state index in [0.717, 1.165) is 24.2 Å². The lowest BCUT2D eigenvalue weighted by atomic mass is 10.2. The molecule has 1 N–H and O–H groups in total. The van der Waals surface area contributed by atoms with Crippen LogP contribution in [0.2, 0.25) is 5.02 Å². The van der Waals surface area contributed by atoms with Crippen LogP contribution in [-0.4, -0.2) is 5.11 Å². The van der Waals surface area contributed by atoms with Crippen molar-refractivity contribution >= 4 is 55.6 Å². The van der Waals surface area contributed by atoms with Gasteiger partial charge in [0.25, 0.3) is 0 Å². The Morgan fingerprint density at radius 2 is 2.31 bits per heavy atom. The zero-order chi connectivity index (χ0) is 9.42. The summed E-state index contributed by atoms with van der Waals surface area (Å²) < 4.78 is 2.06. The van der Waals surface area contributed by atoms with Crippen molar-refractivity contribution in [2.45, 2.75) is 6.61 Å². The van der Waals surface area contributed by atoms with Crippen LogP contribution in [0, 0.1) is 3.57 Å². The SMILES string of the molecule is OCc1cc2ccsc2c(Cl)c1I. The molecule has 0 aliphatic rings. The Hall–Kier alpha value is 0.160. The molecule has 0 atom stereocenters. The van der Waals surface area contributed by atoms with Crippen molar-refractivity contribution in [3.63, 3.8) is 0 Å². The fourth-order valence-electron chi connectivity index (χ4n) is 1.22. The number of halogens is 2. The van der Waals surface area contributed by atoms with Crippen LogP contribution in [0.4, 0.5) is 0 Å². The van der Waals surface area contributed by atoms with E-state index in [1.165, 1.54) is 0 Å². The largest absolute Gasteiger partial charge is 0.392 e. The average molecular weight is 325 g/mol. The van der Waals surface area contributed by atoms with Gasteiger partial charge in [-0.25, -0.2) is 0 Å². The maximum absolute atomic E-state index is 9.08. The summed E-state index contributed by atoms with van der Waals surface area (Å²) in [5.41, 5.74) is 0.900. The van der Waals surface area contributed by atoms with Gasteiger partial charge in [0.1, 0.15) is 0 Å². The first kappa shape index (κ1) is 9.71. The minimum Gasteiger partial charge on any atom is -0.392 e. The molecule has 0 unspecified atom stereocenters. The van der Waals surface area contributed by atoms with E-state index in [9.17, 15) is 0 Å². The van der Waals surface area contributed by atoms with Gasteiger partial charge in [-0.2, -0.15) is 0 Å². The van der Waals surface area contributed by atoms with E-state index in [1.54, 1.807) is 11.3 Å². The molecule has 0 bridgehead atoms. The maximum Gasteiger partial charge on any atom is 0.0721 e. The molecule has 1 heterocycles. The molecular weight excluding hydrogens is 319 g/mol. The monoisotopic (exact) mass is 324 g/mol. The second-order valence-corrected chi connectivity index (χ2v) is 5.03. The summed E-state index contributed by atoms with van der Waals surface area (Å²) in [4.78, 5) is 0. The number of benzene rings is 1. The molecule has 0 aliphatic carbocycles. The van der Waals surface area contributed by atoms with Crippen LogP contribution in [0.1, 0.15) is 5.56 Å². The lowest BCUT2D eigenvalue weighted by molar-refractivity contribution is 0.281. The third-order valence-corrected chi connectivity index (χ3v) is 4.86. The Labute approximate surface area is 98.5 Å². The molecule has 0 radical (unpaired) electrons. The van der Waals surface area contributed by atoms with Crippen molar-refractivity contribution in [1.82, 2.24) is 0 Å². The molecule has 2 rings (SSSR count). The average Bonchev–Trinajstić information content (AvgIpc) is 2.59. The highest BCUT2D eigenvalue weighted by Gasteiger charge is 2.09. The Kier molecular flexibility index (Phi) is 2.78. The molecule has 13 heavy (non-hydrogen) atoms. The molecular formula is C9H6ClIOS. The fraction of sp³-hybridized carbons (Fsp3) is 0.111. The van der Waals surface area contributed by atoms with Gasteiger partial charge in [-0.3, -0.25) is 0 Å². The summed E-state index contributed by atoms with van der Waals surface area (Å²) in [6.07, 6.45) is 0. The van der Waals surface area contributed by atoms with Crippen molar-refractivity contribution in [2.75, 3.05) is 0 Å². The highest BCUT2D eigenvalue weighted by atomic mass is 127. The molecule has 0 fully saturated rings. The third-order valence-electron chi connectivity index (χ3n) is 1.87. The summed E-state index contributed by atoms with van der Waals surface area (Å²) in [6, 6.07) is 4.00. The maximum atomic E-state index is 9.08. The van der Waals surface area contributed by atoms with Crippen LogP contribution in [0.25, 0.3) is 10.1 Å². The van der Waals surface area contributed by atoms with Crippen LogP contribution < -0.4 is 0 Å². The van der Waals surface area contributed by atoms with E-state index in [2.05, 4.69) is 22.6 Å². The van der Waals surface area contributed by atoms with Crippen molar-refractivity contribution in [1.29, 1.82) is 0 Å². The lowest BCUT2D eigenvalue weighted by Crippen LogP contribution is -1.88. The molecule has 68 valence electrons. The van der Waals surface area contributed by atoms with Crippen LogP contribution >= 0.6 is 45.5 Å². The van der Waals surface area contributed by atoms with E-state index in [-0.39, 0.29) is 6.61 Å². The minimum atomic E-state index is 0.0454. The third kappa shape index (κ3) is 1.58. The number of fused-ring (bicyclic) bond motifs is 1. The summed E-state index contributed by atoms with van der Waals surface area (Å²) in [7, 11) is 0. The van der Waals surface area contributed by atoms with Crippen LogP contribution in [0.5, 0.6) is 0 Å². The number of hydrogen-bond donors (Lipinski definition) is 1. The highest BCUT2D eigenvalue weighted by Crippen LogP contribution is 2.34. The molecule has 1 aromatic heterocycles. The van der Waals surface area contributed by atoms with E-state index in [1.807, 2.05) is 17.5 Å². The van der Waals surface area contributed by atoms with Gasteiger partial charge in [-0.05, 0) is 51.1 Å². The van der Waals surface area contributed by atoms with Crippen molar-refractivity contribution in [3.8, 4) is 0 Å². The van der Waals surface area contributed by atoms with Gasteiger partial charge in [-0.15, -0.1) is 11.3 Å². The van der Waals surface area contributed by atoms with Crippen molar-refractivity contribution in [3.05, 3.63) is 31.7 Å². The molecule has 4 heteroatoms. The molecule has 1 nitrogen and oxygen atoms in total. The van der Waals surface area contributed by atoms with Gasteiger partial charge in [0.15, 0.2) is 0 Å². The molecule has 0 amide bonds. The summed E-state index contributed by atoms with van der Waals surface area (Å²) >= 11 is 9.94. The zero-order valence-corrected chi connectivity index (χ0v) is 10.3. The topological polar surface area (TPSA) is 20.2 Å². The summed E-state index contributed by atoms with van der Waals surface area (Å²) in [5.74, 6) is 0. The predicted octanol–water partition coefficient (Wildman–Crippen LogP) is 3.65. The Morgan fingerprint density at radius 1 is 1.54 bits per heavy atom. The highest BCUT2D eigenvalue weighted by molar-refractivity contribution is 14.1. The van der Waals surface area contributed by atoms with Gasteiger partial charge < -0.3 is 5.11 Å². The fourth-order valence-corrected chi connectivity index (χ4v) is 3.18. The first-order chi connectivity index (χ1) is 6.24. The van der Waals surface area contributed by atoms with Gasteiger partial charge in [0.05, 0.1) is 16.3 Å². The Balaban J connectivity index is 2.83. The summed E-state index contributed by atoms with van der Waals surface area (Å²) in [6.45, 7) is 0.0454. The van der Waals surface area contributed by atoms with Gasteiger partial charge in [0.2, 0.25) is 0 Å². The van der Waals surface area contributed by atoms with Gasteiger partial charge in [0, 0.05) is 3.57 Å². The number of aliphatic hydroxyl groups excluding tert-OH is 1. The first-order valence-corrected chi connectivity index (χ1v) is 6.02. The zero-order valence-electron chi connectivity index (χ0n) is 6.55. The number of rotatable bonds is 1. The van der Waals surface area contributed by atoms with Gasteiger partial charge >= 0.3 is 0 Å². The van der Waals surface area contributed by atoms with Crippen molar-refractivity contribution < 1.29 is 5.11 Å². The summed E-state index contributed by atoms with van der Waals surface area (Å²) in [5, 5.41) is 13.0. The standard InChI is InChI=1S/C9H6ClIOS/c10-7-8(11)6(4-12)3-5-1-2-13-9(5)7/h1-3,12H,4H2.